The number of carbonyl (C=O) groups excluding carboxylic acids is 1. The minimum atomic E-state index is -1.95. The molecular formula is C14H11Cl6FN4O2. The van der Waals surface area contributed by atoms with Crippen LogP contribution in [0.5, 0.6) is 0 Å². The summed E-state index contributed by atoms with van der Waals surface area (Å²) in [5.41, 5.74) is 4.86. The summed E-state index contributed by atoms with van der Waals surface area (Å²) in [6.45, 7) is 2.06. The molecule has 2 aromatic rings. The maximum atomic E-state index is 13.3. The Morgan fingerprint density at radius 2 is 1.59 bits per heavy atom. The summed E-state index contributed by atoms with van der Waals surface area (Å²) in [4.78, 5) is 21.4. The van der Waals surface area contributed by atoms with Crippen LogP contribution in [0.2, 0.25) is 0 Å². The van der Waals surface area contributed by atoms with E-state index in [2.05, 4.69) is 25.4 Å². The molecule has 27 heavy (non-hydrogen) atoms. The predicted octanol–water partition coefficient (Wildman–Crippen LogP) is 5.43. The highest BCUT2D eigenvalue weighted by atomic mass is 35.6. The Bertz CT molecular complexity index is 766. The smallest absolute Gasteiger partial charge is 0.404 e. The van der Waals surface area contributed by atoms with Gasteiger partial charge in [0.15, 0.2) is 17.5 Å². The van der Waals surface area contributed by atoms with Crippen molar-refractivity contribution < 1.29 is 13.9 Å². The van der Waals surface area contributed by atoms with Crippen LogP contribution in [-0.4, -0.2) is 27.7 Å². The number of halogens is 7. The summed E-state index contributed by atoms with van der Waals surface area (Å²) in [5.74, 6) is -0.933. The lowest BCUT2D eigenvalue weighted by molar-refractivity contribution is 0.163. The maximum absolute atomic E-state index is 13.3. The third kappa shape index (κ3) is 8.37. The van der Waals surface area contributed by atoms with Crippen LogP contribution in [0.3, 0.4) is 0 Å². The molecule has 0 atom stereocenters. The highest BCUT2D eigenvalue weighted by Gasteiger charge is 2.34. The van der Waals surface area contributed by atoms with E-state index in [9.17, 15) is 9.18 Å². The number of nitrogens with zero attached hydrogens (tertiary/aromatic N) is 3. The fourth-order valence-electron chi connectivity index (χ4n) is 1.53. The normalized spacial score (nSPS) is 11.4. The van der Waals surface area contributed by atoms with E-state index in [0.29, 0.717) is 12.2 Å². The molecule has 0 fully saturated rings. The lowest BCUT2D eigenvalue weighted by Gasteiger charge is -2.15. The molecule has 13 heteroatoms. The number of nitrogens with two attached hydrogens (primary N) is 1. The average molecular weight is 499 g/mol. The van der Waals surface area contributed by atoms with E-state index in [1.807, 2.05) is 0 Å². The summed E-state index contributed by atoms with van der Waals surface area (Å²) < 4.78 is 13.6. The molecule has 0 unspecified atom stereocenters. The molecule has 148 valence electrons. The van der Waals surface area contributed by atoms with E-state index in [-0.39, 0.29) is 17.5 Å². The first-order chi connectivity index (χ1) is 12.3. The van der Waals surface area contributed by atoms with Gasteiger partial charge in [0.1, 0.15) is 5.82 Å². The minimum Gasteiger partial charge on any atom is -0.450 e. The number of rotatable bonds is 2. The van der Waals surface area contributed by atoms with Crippen molar-refractivity contribution in [2.45, 2.75) is 14.5 Å². The lowest BCUT2D eigenvalue weighted by atomic mass is 10.2. The van der Waals surface area contributed by atoms with Crippen LogP contribution in [0.4, 0.5) is 9.18 Å². The number of amides is 1. The van der Waals surface area contributed by atoms with Gasteiger partial charge in [0.05, 0.1) is 6.61 Å². The first-order valence-corrected chi connectivity index (χ1v) is 9.20. The Morgan fingerprint density at radius 1 is 1.07 bits per heavy atom. The Hall–Kier alpha value is -0.830. The van der Waals surface area contributed by atoms with E-state index < -0.39 is 19.5 Å². The molecule has 0 aliphatic heterocycles. The van der Waals surface area contributed by atoms with Gasteiger partial charge in [0, 0.05) is 5.56 Å². The molecule has 0 saturated heterocycles. The first-order valence-electron chi connectivity index (χ1n) is 6.93. The Balaban J connectivity index is 0.000000527. The number of carbonyl (C=O) groups is 1. The number of primary amides is 1. The van der Waals surface area contributed by atoms with Gasteiger partial charge in [-0.3, -0.25) is 0 Å². The van der Waals surface area contributed by atoms with Crippen LogP contribution in [0.1, 0.15) is 18.6 Å². The molecule has 1 amide bonds. The quantitative estimate of drug-likeness (QED) is 0.557. The van der Waals surface area contributed by atoms with E-state index in [1.165, 1.54) is 18.2 Å². The highest BCUT2D eigenvalue weighted by molar-refractivity contribution is 6.67. The van der Waals surface area contributed by atoms with Crippen molar-refractivity contribution in [2.75, 3.05) is 6.61 Å². The largest absolute Gasteiger partial charge is 0.450 e. The molecule has 0 aliphatic carbocycles. The van der Waals surface area contributed by atoms with Gasteiger partial charge >= 0.3 is 6.09 Å². The average Bonchev–Trinajstić information content (AvgIpc) is 2.53. The molecule has 2 rings (SSSR count). The minimum absolute atomic E-state index is 0.0205. The summed E-state index contributed by atoms with van der Waals surface area (Å²) in [6.07, 6.45) is -0.711. The zero-order valence-corrected chi connectivity index (χ0v) is 17.9. The van der Waals surface area contributed by atoms with Crippen molar-refractivity contribution in [3.05, 3.63) is 41.7 Å². The van der Waals surface area contributed by atoms with Gasteiger partial charge in [-0.1, -0.05) is 81.7 Å². The van der Waals surface area contributed by atoms with Crippen LogP contribution in [-0.2, 0) is 12.3 Å². The molecule has 1 aromatic carbocycles. The monoisotopic (exact) mass is 496 g/mol. The van der Waals surface area contributed by atoms with Crippen LogP contribution >= 0.6 is 69.6 Å². The van der Waals surface area contributed by atoms with Gasteiger partial charge < -0.3 is 10.5 Å². The number of hydrogen-bond donors (Lipinski definition) is 1. The fourth-order valence-corrected chi connectivity index (χ4v) is 2.04. The second kappa shape index (κ2) is 10.1. The number of ether oxygens (including phenoxy) is 1. The number of benzene rings is 1. The van der Waals surface area contributed by atoms with Gasteiger partial charge in [-0.05, 0) is 19.1 Å². The highest BCUT2D eigenvalue weighted by Crippen LogP contribution is 2.40. The zero-order valence-electron chi connectivity index (χ0n) is 13.4. The first kappa shape index (κ1) is 24.2. The summed E-state index contributed by atoms with van der Waals surface area (Å²) in [6, 6.07) is 5.48. The van der Waals surface area contributed by atoms with E-state index >= 15 is 0 Å². The summed E-state index contributed by atoms with van der Waals surface area (Å²) >= 11 is 34.5. The van der Waals surface area contributed by atoms with Crippen molar-refractivity contribution >= 4 is 75.7 Å². The van der Waals surface area contributed by atoms with Crippen molar-refractivity contribution in [1.82, 2.24) is 15.0 Å². The number of hydrogen-bond acceptors (Lipinski definition) is 5. The molecule has 0 bridgehead atoms. The van der Waals surface area contributed by atoms with E-state index in [0.717, 1.165) is 0 Å². The van der Waals surface area contributed by atoms with Crippen molar-refractivity contribution in [1.29, 1.82) is 0 Å². The molecule has 1 heterocycles. The molecule has 0 aliphatic rings. The summed E-state index contributed by atoms with van der Waals surface area (Å²) in [5, 5.41) is 0. The van der Waals surface area contributed by atoms with Crippen LogP contribution in [0.15, 0.2) is 24.3 Å². The number of alkyl halides is 6. The topological polar surface area (TPSA) is 91.0 Å². The molecule has 0 radical (unpaired) electrons. The van der Waals surface area contributed by atoms with Crippen LogP contribution in [0, 0.1) is 5.82 Å². The standard InChI is InChI=1S/C11H4Cl6FN3.C3H7NO2/c12-10(13,14)8-19-7(5-2-1-3-6(18)4-5)20-9(21-8)11(15,16)17;1-2-6-3(4)5/h1-4H;2H2,1H3,(H2,4,5). The lowest BCUT2D eigenvalue weighted by Crippen LogP contribution is -2.16. The number of aromatic nitrogens is 3. The summed E-state index contributed by atoms with van der Waals surface area (Å²) in [7, 11) is 0. The van der Waals surface area contributed by atoms with Gasteiger partial charge in [-0.15, -0.1) is 0 Å². The van der Waals surface area contributed by atoms with Crippen LogP contribution in [0.25, 0.3) is 11.4 Å². The molecule has 6 nitrogen and oxygen atoms in total. The van der Waals surface area contributed by atoms with Crippen molar-refractivity contribution in [2.24, 2.45) is 5.73 Å². The molecular weight excluding hydrogens is 488 g/mol. The van der Waals surface area contributed by atoms with E-state index in [4.69, 9.17) is 69.6 Å². The second-order valence-corrected chi connectivity index (χ2v) is 9.13. The third-order valence-electron chi connectivity index (χ3n) is 2.51. The Labute approximate surface area is 184 Å². The van der Waals surface area contributed by atoms with Gasteiger partial charge in [0.2, 0.25) is 7.59 Å². The molecule has 1 aromatic heterocycles. The molecule has 0 spiro atoms. The third-order valence-corrected chi connectivity index (χ3v) is 3.53. The van der Waals surface area contributed by atoms with E-state index in [1.54, 1.807) is 13.0 Å². The molecule has 0 saturated carbocycles. The Kier molecular flexibility index (Phi) is 9.05. The second-order valence-electron chi connectivity index (χ2n) is 4.56. The zero-order chi connectivity index (χ0) is 20.8. The van der Waals surface area contributed by atoms with Crippen LogP contribution < -0.4 is 5.73 Å². The maximum Gasteiger partial charge on any atom is 0.404 e. The fraction of sp³-hybridized carbons (Fsp3) is 0.286. The van der Waals surface area contributed by atoms with Gasteiger partial charge in [-0.2, -0.15) is 0 Å². The van der Waals surface area contributed by atoms with Gasteiger partial charge in [0.25, 0.3) is 0 Å². The van der Waals surface area contributed by atoms with Crippen molar-refractivity contribution in [3.63, 3.8) is 0 Å². The molecule has 2 N–H and O–H groups in total. The van der Waals surface area contributed by atoms with Gasteiger partial charge in [-0.25, -0.2) is 24.1 Å². The SMILES string of the molecule is CCOC(N)=O.Fc1cccc(-c2nc(C(Cl)(Cl)Cl)nc(C(Cl)(Cl)Cl)n2)c1. The van der Waals surface area contributed by atoms with Crippen molar-refractivity contribution in [3.8, 4) is 11.4 Å². The Morgan fingerprint density at radius 3 is 1.93 bits per heavy atom. The predicted molar refractivity (Wildman–Crippen MR) is 105 cm³/mol.